The molecule has 6 nitrogen and oxygen atoms in total. The topological polar surface area (TPSA) is 93.8 Å². The van der Waals surface area contributed by atoms with E-state index in [1.54, 1.807) is 0 Å². The number of hydroxylamine groups is 1. The first-order valence-corrected chi connectivity index (χ1v) is 5.99. The van der Waals surface area contributed by atoms with Gasteiger partial charge in [0.15, 0.2) is 0 Å². The van der Waals surface area contributed by atoms with Crippen LogP contribution in [-0.2, 0) is 9.63 Å². The molecule has 0 aliphatic heterocycles. The molecule has 0 aliphatic carbocycles. The van der Waals surface area contributed by atoms with E-state index in [-0.39, 0.29) is 19.8 Å². The van der Waals surface area contributed by atoms with Crippen LogP contribution < -0.4 is 16.0 Å². The highest BCUT2D eigenvalue weighted by molar-refractivity contribution is 5.74. The van der Waals surface area contributed by atoms with Gasteiger partial charge in [-0.15, -0.1) is 0 Å². The lowest BCUT2D eigenvalue weighted by atomic mass is 10.1. The van der Waals surface area contributed by atoms with E-state index in [9.17, 15) is 9.90 Å². The summed E-state index contributed by atoms with van der Waals surface area (Å²) in [7, 11) is 0. The lowest BCUT2D eigenvalue weighted by Crippen LogP contribution is -2.33. The molecule has 0 spiro atoms. The Hall–Kier alpha value is -1.63. The maximum Gasteiger partial charge on any atom is 0.245 e. The summed E-state index contributed by atoms with van der Waals surface area (Å²) >= 11 is 0. The summed E-state index contributed by atoms with van der Waals surface area (Å²) in [6, 6.07) is 5.84. The Kier molecular flexibility index (Phi) is 6.27. The molecule has 0 saturated carbocycles. The number of aliphatic hydroxyl groups is 1. The smallest absolute Gasteiger partial charge is 0.245 e. The third-order valence-electron chi connectivity index (χ3n) is 2.27. The molecule has 0 fully saturated rings. The lowest BCUT2D eigenvalue weighted by molar-refractivity contribution is -0.125. The maximum atomic E-state index is 10.4. The second-order valence-electron chi connectivity index (χ2n) is 4.39. The predicted molar refractivity (Wildman–Crippen MR) is 70.6 cm³/mol. The zero-order valence-electron chi connectivity index (χ0n) is 11.2. The van der Waals surface area contributed by atoms with Gasteiger partial charge in [0.25, 0.3) is 0 Å². The van der Waals surface area contributed by atoms with Gasteiger partial charge in [0.05, 0.1) is 6.54 Å². The van der Waals surface area contributed by atoms with Gasteiger partial charge < -0.3 is 15.6 Å². The van der Waals surface area contributed by atoms with Crippen LogP contribution in [0.1, 0.15) is 11.1 Å². The summed E-state index contributed by atoms with van der Waals surface area (Å²) in [5.41, 5.74) is 9.53. The number of aryl methyl sites for hydroxylation is 2. The van der Waals surface area contributed by atoms with Crippen LogP contribution in [0.5, 0.6) is 5.75 Å². The van der Waals surface area contributed by atoms with E-state index in [1.165, 1.54) is 0 Å². The maximum absolute atomic E-state index is 10.4. The first kappa shape index (κ1) is 15.4. The average molecular weight is 268 g/mol. The number of carbonyl (C=O) groups excluding carboxylic acids is 1. The summed E-state index contributed by atoms with van der Waals surface area (Å²) in [4.78, 5) is 15.1. The first-order chi connectivity index (χ1) is 8.97. The Morgan fingerprint density at radius 2 is 2.00 bits per heavy atom. The van der Waals surface area contributed by atoms with Crippen LogP contribution >= 0.6 is 0 Å². The second kappa shape index (κ2) is 7.73. The minimum Gasteiger partial charge on any atom is -0.491 e. The van der Waals surface area contributed by atoms with Crippen LogP contribution in [0.25, 0.3) is 0 Å². The minimum absolute atomic E-state index is 0.135. The summed E-state index contributed by atoms with van der Waals surface area (Å²) in [6.07, 6.45) is -0.742. The van der Waals surface area contributed by atoms with Crippen molar-refractivity contribution in [1.29, 1.82) is 0 Å². The monoisotopic (exact) mass is 268 g/mol. The number of aliphatic hydroxyl groups excluding tert-OH is 1. The van der Waals surface area contributed by atoms with E-state index in [4.69, 9.17) is 15.3 Å². The largest absolute Gasteiger partial charge is 0.491 e. The molecule has 0 saturated heterocycles. The van der Waals surface area contributed by atoms with Gasteiger partial charge >= 0.3 is 0 Å². The van der Waals surface area contributed by atoms with E-state index in [2.05, 4.69) is 5.48 Å². The molecule has 0 heterocycles. The van der Waals surface area contributed by atoms with Gasteiger partial charge in [0.2, 0.25) is 5.91 Å². The number of primary amides is 1. The number of nitrogens with one attached hydrogen (secondary N) is 1. The Balaban J connectivity index is 2.25. The molecule has 4 N–H and O–H groups in total. The van der Waals surface area contributed by atoms with E-state index < -0.39 is 12.0 Å². The average Bonchev–Trinajstić information content (AvgIpc) is 2.31. The standard InChI is InChI=1S/C13H20N2O4/c1-9-3-10(2)5-12(4-9)18-7-11(16)6-15-19-8-13(14)17/h3-5,11,15-16H,6-8H2,1-2H3,(H2,14,17). The van der Waals surface area contributed by atoms with Gasteiger partial charge in [-0.3, -0.25) is 9.63 Å². The molecule has 1 atom stereocenters. The minimum atomic E-state index is -0.742. The molecule has 6 heteroatoms. The molecule has 19 heavy (non-hydrogen) atoms. The van der Waals surface area contributed by atoms with Crippen LogP contribution in [-0.4, -0.2) is 36.9 Å². The van der Waals surface area contributed by atoms with E-state index in [0.29, 0.717) is 0 Å². The fourth-order valence-electron chi connectivity index (χ4n) is 1.54. The molecule has 0 radical (unpaired) electrons. The number of carbonyl (C=O) groups is 1. The van der Waals surface area contributed by atoms with E-state index in [1.807, 2.05) is 32.0 Å². The number of hydrogen-bond donors (Lipinski definition) is 3. The molecule has 0 aromatic heterocycles. The number of hydrogen-bond acceptors (Lipinski definition) is 5. The highest BCUT2D eigenvalue weighted by atomic mass is 16.6. The van der Waals surface area contributed by atoms with Gasteiger partial charge in [-0.05, 0) is 37.1 Å². The third-order valence-corrected chi connectivity index (χ3v) is 2.27. The molecule has 106 valence electrons. The van der Waals surface area contributed by atoms with Crippen molar-refractivity contribution >= 4 is 5.91 Å². The summed E-state index contributed by atoms with van der Waals surface area (Å²) in [5.74, 6) is 0.142. The van der Waals surface area contributed by atoms with Crippen LogP contribution in [0.3, 0.4) is 0 Å². The van der Waals surface area contributed by atoms with Crippen molar-refractivity contribution in [1.82, 2.24) is 5.48 Å². The fourth-order valence-corrected chi connectivity index (χ4v) is 1.54. The molecule has 1 rings (SSSR count). The summed E-state index contributed by atoms with van der Waals surface area (Å²) in [5, 5.41) is 9.63. The molecule has 0 aliphatic rings. The van der Waals surface area contributed by atoms with Crippen LogP contribution in [0.4, 0.5) is 0 Å². The van der Waals surface area contributed by atoms with Gasteiger partial charge in [0, 0.05) is 0 Å². The van der Waals surface area contributed by atoms with E-state index >= 15 is 0 Å². The first-order valence-electron chi connectivity index (χ1n) is 5.99. The predicted octanol–water partition coefficient (Wildman–Crippen LogP) is 0.0496. The SMILES string of the molecule is Cc1cc(C)cc(OCC(O)CNOCC(N)=O)c1. The van der Waals surface area contributed by atoms with Crippen LogP contribution in [0.2, 0.25) is 0 Å². The highest BCUT2D eigenvalue weighted by Gasteiger charge is 2.06. The Bertz CT molecular complexity index is 403. The fraction of sp³-hybridized carbons (Fsp3) is 0.462. The molecule has 1 amide bonds. The van der Waals surface area contributed by atoms with Crippen molar-refractivity contribution in [2.75, 3.05) is 19.8 Å². The number of benzene rings is 1. The Labute approximate surface area is 112 Å². The lowest BCUT2D eigenvalue weighted by Gasteiger charge is -2.13. The zero-order valence-corrected chi connectivity index (χ0v) is 11.2. The molecular formula is C13H20N2O4. The van der Waals surface area contributed by atoms with Gasteiger partial charge in [-0.2, -0.15) is 5.48 Å². The van der Waals surface area contributed by atoms with Crippen molar-refractivity contribution in [2.24, 2.45) is 5.73 Å². The van der Waals surface area contributed by atoms with Crippen molar-refractivity contribution in [3.63, 3.8) is 0 Å². The number of nitrogens with two attached hydrogens (primary N) is 1. The Morgan fingerprint density at radius 1 is 1.37 bits per heavy atom. The van der Waals surface area contributed by atoms with Crippen LogP contribution in [0.15, 0.2) is 18.2 Å². The third kappa shape index (κ3) is 6.76. The molecule has 1 unspecified atom stereocenters. The highest BCUT2D eigenvalue weighted by Crippen LogP contribution is 2.16. The van der Waals surface area contributed by atoms with Gasteiger partial charge in [0.1, 0.15) is 25.1 Å². The van der Waals surface area contributed by atoms with Crippen LogP contribution in [0, 0.1) is 13.8 Å². The molecule has 1 aromatic rings. The van der Waals surface area contributed by atoms with Crippen molar-refractivity contribution < 1.29 is 19.5 Å². The normalized spacial score (nSPS) is 12.2. The number of rotatable bonds is 8. The Morgan fingerprint density at radius 3 is 2.58 bits per heavy atom. The van der Waals surface area contributed by atoms with Crippen molar-refractivity contribution in [3.8, 4) is 5.75 Å². The van der Waals surface area contributed by atoms with Crippen molar-refractivity contribution in [3.05, 3.63) is 29.3 Å². The summed E-state index contributed by atoms with van der Waals surface area (Å²) < 4.78 is 5.47. The van der Waals surface area contributed by atoms with Gasteiger partial charge in [-0.25, -0.2) is 0 Å². The molecule has 1 aromatic carbocycles. The number of amides is 1. The number of ether oxygens (including phenoxy) is 1. The quantitative estimate of drug-likeness (QED) is 0.457. The summed E-state index contributed by atoms with van der Waals surface area (Å²) in [6.45, 7) is 4.02. The zero-order chi connectivity index (χ0) is 14.3. The van der Waals surface area contributed by atoms with E-state index in [0.717, 1.165) is 16.9 Å². The second-order valence-corrected chi connectivity index (χ2v) is 4.39. The molecule has 0 bridgehead atoms. The van der Waals surface area contributed by atoms with Crippen molar-refractivity contribution in [2.45, 2.75) is 20.0 Å². The molecular weight excluding hydrogens is 248 g/mol. The van der Waals surface area contributed by atoms with Gasteiger partial charge in [-0.1, -0.05) is 6.07 Å².